The molecule has 0 aromatic heterocycles. The van der Waals surface area contributed by atoms with E-state index in [1.54, 1.807) is 13.8 Å². The van der Waals surface area contributed by atoms with Gasteiger partial charge in [-0.1, -0.05) is 12.1 Å². The van der Waals surface area contributed by atoms with Gasteiger partial charge in [-0.2, -0.15) is 0 Å². The molecule has 4 heteroatoms. The van der Waals surface area contributed by atoms with Gasteiger partial charge in [0.2, 0.25) is 0 Å². The molecule has 0 radical (unpaired) electrons. The summed E-state index contributed by atoms with van der Waals surface area (Å²) in [6.45, 7) is 4.99. The minimum atomic E-state index is -0.938. The lowest BCUT2D eigenvalue weighted by Crippen LogP contribution is -2.24. The number of benzene rings is 1. The number of carbonyl (C=O) groups excluding carboxylic acids is 1. The Bertz CT molecular complexity index is 432. The van der Waals surface area contributed by atoms with Crippen molar-refractivity contribution in [3.63, 3.8) is 0 Å². The maximum absolute atomic E-state index is 11.8. The number of ether oxygens (including phenoxy) is 1. The smallest absolute Gasteiger partial charge is 0.140 e. The quantitative estimate of drug-likeness (QED) is 0.710. The molecule has 1 rings (SSSR count). The fraction of sp³-hybridized carbons (Fsp3) is 0.588. The van der Waals surface area contributed by atoms with Crippen LogP contribution in [0.3, 0.4) is 0 Å². The molecule has 0 heterocycles. The van der Waals surface area contributed by atoms with E-state index < -0.39 is 5.60 Å². The van der Waals surface area contributed by atoms with Crippen molar-refractivity contribution in [3.8, 4) is 5.75 Å². The van der Waals surface area contributed by atoms with Crippen LogP contribution in [0.5, 0.6) is 5.75 Å². The van der Waals surface area contributed by atoms with Crippen molar-refractivity contribution in [2.75, 3.05) is 27.2 Å². The van der Waals surface area contributed by atoms with E-state index in [9.17, 15) is 9.90 Å². The monoisotopic (exact) mass is 293 g/mol. The van der Waals surface area contributed by atoms with E-state index >= 15 is 0 Å². The minimum Gasteiger partial charge on any atom is -0.494 e. The van der Waals surface area contributed by atoms with E-state index in [0.717, 1.165) is 24.3 Å². The van der Waals surface area contributed by atoms with Crippen molar-refractivity contribution >= 4 is 5.78 Å². The summed E-state index contributed by atoms with van der Waals surface area (Å²) in [5.41, 5.74) is 0.0111. The van der Waals surface area contributed by atoms with Gasteiger partial charge in [0.1, 0.15) is 11.5 Å². The van der Waals surface area contributed by atoms with Crippen molar-refractivity contribution in [1.82, 2.24) is 4.90 Å². The molecular formula is C17H27NO3. The second-order valence-electron chi connectivity index (χ2n) is 6.35. The predicted octanol–water partition coefficient (Wildman–Crippen LogP) is 2.29. The Morgan fingerprint density at radius 3 is 2.38 bits per heavy atom. The Kier molecular flexibility index (Phi) is 6.85. The summed E-state index contributed by atoms with van der Waals surface area (Å²) in [6.07, 6.45) is 1.51. The SMILES string of the molecule is CN(C)CCCOc1ccc(CC(=O)CC(C)(C)O)cc1. The van der Waals surface area contributed by atoms with E-state index in [2.05, 4.69) is 4.90 Å². The van der Waals surface area contributed by atoms with E-state index in [0.29, 0.717) is 13.0 Å². The van der Waals surface area contributed by atoms with Gasteiger partial charge >= 0.3 is 0 Å². The van der Waals surface area contributed by atoms with Crippen LogP contribution in [-0.2, 0) is 11.2 Å². The van der Waals surface area contributed by atoms with Crippen LogP contribution in [0.25, 0.3) is 0 Å². The summed E-state index contributed by atoms with van der Waals surface area (Å²) in [6, 6.07) is 7.60. The topological polar surface area (TPSA) is 49.8 Å². The molecule has 0 saturated heterocycles. The number of Topliss-reactive ketones (excluding diaryl/α,β-unsaturated/α-hetero) is 1. The number of rotatable bonds is 9. The first-order valence-corrected chi connectivity index (χ1v) is 7.37. The third-order valence-corrected chi connectivity index (χ3v) is 2.97. The Morgan fingerprint density at radius 1 is 1.24 bits per heavy atom. The first kappa shape index (κ1) is 17.7. The van der Waals surface area contributed by atoms with Gasteiger partial charge in [-0.15, -0.1) is 0 Å². The zero-order valence-electron chi connectivity index (χ0n) is 13.6. The Balaban J connectivity index is 2.38. The maximum atomic E-state index is 11.8. The average Bonchev–Trinajstić information content (AvgIpc) is 2.34. The molecule has 0 aliphatic rings. The molecular weight excluding hydrogens is 266 g/mol. The Morgan fingerprint density at radius 2 is 1.86 bits per heavy atom. The molecule has 0 unspecified atom stereocenters. The van der Waals surface area contributed by atoms with E-state index in [1.807, 2.05) is 38.4 Å². The van der Waals surface area contributed by atoms with Gasteiger partial charge in [0.25, 0.3) is 0 Å². The van der Waals surface area contributed by atoms with Crippen LogP contribution in [0.4, 0.5) is 0 Å². The lowest BCUT2D eigenvalue weighted by atomic mass is 9.98. The molecule has 118 valence electrons. The van der Waals surface area contributed by atoms with Crippen LogP contribution in [-0.4, -0.2) is 48.6 Å². The van der Waals surface area contributed by atoms with Crippen molar-refractivity contribution in [2.45, 2.75) is 38.7 Å². The van der Waals surface area contributed by atoms with Crippen LogP contribution in [0.1, 0.15) is 32.3 Å². The Hall–Kier alpha value is -1.39. The van der Waals surface area contributed by atoms with Crippen molar-refractivity contribution in [1.29, 1.82) is 0 Å². The highest BCUT2D eigenvalue weighted by atomic mass is 16.5. The standard InChI is InChI=1S/C17H27NO3/c1-17(2,20)13-15(19)12-14-6-8-16(9-7-14)21-11-5-10-18(3)4/h6-9,20H,5,10-13H2,1-4H3. The lowest BCUT2D eigenvalue weighted by molar-refractivity contribution is -0.122. The summed E-state index contributed by atoms with van der Waals surface area (Å²) in [4.78, 5) is 13.9. The molecule has 4 nitrogen and oxygen atoms in total. The summed E-state index contributed by atoms with van der Waals surface area (Å²) in [5.74, 6) is 0.870. The first-order valence-electron chi connectivity index (χ1n) is 7.37. The van der Waals surface area contributed by atoms with Gasteiger partial charge in [-0.25, -0.2) is 0 Å². The molecule has 0 aliphatic carbocycles. The average molecular weight is 293 g/mol. The molecule has 0 amide bonds. The molecule has 0 aliphatic heterocycles. The highest BCUT2D eigenvalue weighted by molar-refractivity contribution is 5.81. The maximum Gasteiger partial charge on any atom is 0.140 e. The molecule has 0 fully saturated rings. The number of carbonyl (C=O) groups is 1. The van der Waals surface area contributed by atoms with Gasteiger partial charge in [-0.3, -0.25) is 4.79 Å². The largest absolute Gasteiger partial charge is 0.494 e. The third-order valence-electron chi connectivity index (χ3n) is 2.97. The lowest BCUT2D eigenvalue weighted by Gasteiger charge is -2.15. The molecule has 21 heavy (non-hydrogen) atoms. The normalized spacial score (nSPS) is 11.7. The minimum absolute atomic E-state index is 0.0437. The van der Waals surface area contributed by atoms with Gasteiger partial charge in [0, 0.05) is 19.4 Å². The number of hydrogen-bond acceptors (Lipinski definition) is 4. The fourth-order valence-electron chi connectivity index (χ4n) is 2.05. The number of ketones is 1. The van der Waals surface area contributed by atoms with Gasteiger partial charge in [0.15, 0.2) is 0 Å². The van der Waals surface area contributed by atoms with Crippen LogP contribution in [0.2, 0.25) is 0 Å². The van der Waals surface area contributed by atoms with Gasteiger partial charge < -0.3 is 14.7 Å². The second-order valence-corrected chi connectivity index (χ2v) is 6.35. The predicted molar refractivity (Wildman–Crippen MR) is 84.7 cm³/mol. The molecule has 1 N–H and O–H groups in total. The molecule has 1 aromatic carbocycles. The fourth-order valence-corrected chi connectivity index (χ4v) is 2.05. The summed E-state index contributed by atoms with van der Waals surface area (Å²) < 4.78 is 5.65. The summed E-state index contributed by atoms with van der Waals surface area (Å²) >= 11 is 0. The highest BCUT2D eigenvalue weighted by Gasteiger charge is 2.17. The highest BCUT2D eigenvalue weighted by Crippen LogP contribution is 2.15. The van der Waals surface area contributed by atoms with Crippen LogP contribution < -0.4 is 4.74 Å². The molecule has 0 spiro atoms. The van der Waals surface area contributed by atoms with E-state index in [4.69, 9.17) is 4.74 Å². The van der Waals surface area contributed by atoms with Crippen LogP contribution in [0, 0.1) is 0 Å². The molecule has 1 aromatic rings. The van der Waals surface area contributed by atoms with Crippen LogP contribution >= 0.6 is 0 Å². The number of hydrogen-bond donors (Lipinski definition) is 1. The molecule has 0 saturated carbocycles. The molecule has 0 bridgehead atoms. The van der Waals surface area contributed by atoms with Crippen molar-refractivity contribution in [3.05, 3.63) is 29.8 Å². The van der Waals surface area contributed by atoms with Gasteiger partial charge in [-0.05, 0) is 52.1 Å². The summed E-state index contributed by atoms with van der Waals surface area (Å²) in [5, 5.41) is 9.63. The van der Waals surface area contributed by atoms with E-state index in [1.165, 1.54) is 0 Å². The zero-order valence-corrected chi connectivity index (χ0v) is 13.6. The summed E-state index contributed by atoms with van der Waals surface area (Å²) in [7, 11) is 4.08. The van der Waals surface area contributed by atoms with Gasteiger partial charge in [0.05, 0.1) is 12.2 Å². The van der Waals surface area contributed by atoms with E-state index in [-0.39, 0.29) is 12.2 Å². The second kappa shape index (κ2) is 8.15. The number of aliphatic hydroxyl groups is 1. The third kappa shape index (κ3) is 8.48. The zero-order chi connectivity index (χ0) is 15.9. The Labute approximate surface area is 127 Å². The number of nitrogens with zero attached hydrogens (tertiary/aromatic N) is 1. The first-order chi connectivity index (χ1) is 9.76. The van der Waals surface area contributed by atoms with Crippen molar-refractivity contribution in [2.24, 2.45) is 0 Å². The molecule has 0 atom stereocenters. The van der Waals surface area contributed by atoms with Crippen LogP contribution in [0.15, 0.2) is 24.3 Å². The van der Waals surface area contributed by atoms with Crippen molar-refractivity contribution < 1.29 is 14.6 Å².